The van der Waals surface area contributed by atoms with Crippen LogP contribution in [0.3, 0.4) is 0 Å². The number of hydrogen-bond donors (Lipinski definition) is 1. The first-order valence-electron chi connectivity index (χ1n) is 5.31. The molecule has 2 aromatic heterocycles. The first-order chi connectivity index (χ1) is 8.74. The van der Waals surface area contributed by atoms with Crippen LogP contribution in [0, 0.1) is 11.6 Å². The number of aromatic amines is 1. The normalized spacial score (nSPS) is 11.0. The Balaban J connectivity index is 1.99. The minimum Gasteiger partial charge on any atom is -0.339 e. The number of aromatic nitrogens is 4. The standard InChI is InChI=1S/C12H8F2N4/c13-8-3-1-2-7(11(8)14)4-10-17-9-5-15-6-16-12(9)18-10/h1-3,5-6H,4H2,(H,15,16,17,18). The van der Waals surface area contributed by atoms with Crippen molar-refractivity contribution in [2.75, 3.05) is 0 Å². The molecular weight excluding hydrogens is 238 g/mol. The first-order valence-corrected chi connectivity index (χ1v) is 5.31. The number of fused-ring (bicyclic) bond motifs is 1. The summed E-state index contributed by atoms with van der Waals surface area (Å²) in [5.41, 5.74) is 1.43. The molecule has 18 heavy (non-hydrogen) atoms. The molecule has 1 N–H and O–H groups in total. The van der Waals surface area contributed by atoms with Crippen LogP contribution >= 0.6 is 0 Å². The number of benzene rings is 1. The van der Waals surface area contributed by atoms with E-state index in [1.807, 2.05) is 0 Å². The van der Waals surface area contributed by atoms with Crippen molar-refractivity contribution in [1.82, 2.24) is 19.9 Å². The number of nitrogens with one attached hydrogen (secondary N) is 1. The van der Waals surface area contributed by atoms with Crippen molar-refractivity contribution in [1.29, 1.82) is 0 Å². The van der Waals surface area contributed by atoms with Gasteiger partial charge in [0.2, 0.25) is 0 Å². The van der Waals surface area contributed by atoms with E-state index in [1.165, 1.54) is 18.5 Å². The minimum atomic E-state index is -0.858. The van der Waals surface area contributed by atoms with Gasteiger partial charge in [-0.1, -0.05) is 12.1 Å². The third-order valence-corrected chi connectivity index (χ3v) is 2.60. The molecule has 6 heteroatoms. The van der Waals surface area contributed by atoms with Crippen molar-refractivity contribution >= 4 is 11.2 Å². The molecule has 0 aliphatic carbocycles. The van der Waals surface area contributed by atoms with Crippen molar-refractivity contribution in [2.45, 2.75) is 6.42 Å². The summed E-state index contributed by atoms with van der Waals surface area (Å²) in [6, 6.07) is 4.08. The molecule has 0 bridgehead atoms. The second-order valence-corrected chi connectivity index (χ2v) is 3.83. The lowest BCUT2D eigenvalue weighted by molar-refractivity contribution is 0.500. The largest absolute Gasteiger partial charge is 0.339 e. The molecule has 0 saturated carbocycles. The molecule has 0 atom stereocenters. The molecule has 0 aliphatic heterocycles. The average molecular weight is 246 g/mol. The maximum absolute atomic E-state index is 13.5. The topological polar surface area (TPSA) is 54.5 Å². The zero-order chi connectivity index (χ0) is 12.5. The van der Waals surface area contributed by atoms with E-state index in [-0.39, 0.29) is 12.0 Å². The van der Waals surface area contributed by atoms with E-state index >= 15 is 0 Å². The predicted octanol–water partition coefficient (Wildman–Crippen LogP) is 2.22. The minimum absolute atomic E-state index is 0.181. The molecule has 0 aliphatic rings. The summed E-state index contributed by atoms with van der Waals surface area (Å²) in [4.78, 5) is 15.0. The molecule has 0 unspecified atom stereocenters. The van der Waals surface area contributed by atoms with Crippen molar-refractivity contribution in [3.63, 3.8) is 0 Å². The van der Waals surface area contributed by atoms with Crippen LogP contribution < -0.4 is 0 Å². The van der Waals surface area contributed by atoms with Crippen LogP contribution in [0.1, 0.15) is 11.4 Å². The Hall–Kier alpha value is -2.37. The van der Waals surface area contributed by atoms with Gasteiger partial charge in [0.25, 0.3) is 0 Å². The van der Waals surface area contributed by atoms with Crippen molar-refractivity contribution < 1.29 is 8.78 Å². The van der Waals surface area contributed by atoms with E-state index in [0.717, 1.165) is 6.07 Å². The Bertz CT molecular complexity index is 675. The molecule has 1 aromatic carbocycles. The van der Waals surface area contributed by atoms with Gasteiger partial charge in [-0.05, 0) is 11.6 Å². The highest BCUT2D eigenvalue weighted by molar-refractivity contribution is 5.68. The summed E-state index contributed by atoms with van der Waals surface area (Å²) in [5, 5.41) is 0. The Labute approximate surface area is 101 Å². The maximum atomic E-state index is 13.5. The zero-order valence-electron chi connectivity index (χ0n) is 9.19. The third kappa shape index (κ3) is 1.81. The van der Waals surface area contributed by atoms with Crippen molar-refractivity contribution in [2.24, 2.45) is 0 Å². The van der Waals surface area contributed by atoms with Gasteiger partial charge < -0.3 is 4.98 Å². The molecule has 3 aromatic rings. The second-order valence-electron chi connectivity index (χ2n) is 3.83. The Morgan fingerprint density at radius 2 is 2.11 bits per heavy atom. The highest BCUT2D eigenvalue weighted by atomic mass is 19.2. The van der Waals surface area contributed by atoms with Gasteiger partial charge in [-0.25, -0.2) is 23.7 Å². The SMILES string of the molecule is Fc1cccc(Cc2nc3ncncc3[nH]2)c1F. The predicted molar refractivity (Wildman–Crippen MR) is 60.8 cm³/mol. The molecule has 0 saturated heterocycles. The van der Waals surface area contributed by atoms with Crippen LogP contribution in [-0.2, 0) is 6.42 Å². The van der Waals surface area contributed by atoms with Crippen molar-refractivity contribution in [3.8, 4) is 0 Å². The molecule has 2 heterocycles. The average Bonchev–Trinajstić information content (AvgIpc) is 2.77. The first kappa shape index (κ1) is 10.8. The monoisotopic (exact) mass is 246 g/mol. The van der Waals surface area contributed by atoms with Gasteiger partial charge in [-0.3, -0.25) is 0 Å². The molecule has 90 valence electrons. The summed E-state index contributed by atoms with van der Waals surface area (Å²) in [6.07, 6.45) is 3.15. The van der Waals surface area contributed by atoms with Crippen LogP contribution in [0.25, 0.3) is 11.2 Å². The summed E-state index contributed by atoms with van der Waals surface area (Å²) in [5.74, 6) is -1.18. The quantitative estimate of drug-likeness (QED) is 0.754. The van der Waals surface area contributed by atoms with Gasteiger partial charge in [0.15, 0.2) is 17.3 Å². The van der Waals surface area contributed by atoms with Gasteiger partial charge in [-0.15, -0.1) is 0 Å². The van der Waals surface area contributed by atoms with E-state index in [9.17, 15) is 8.78 Å². The van der Waals surface area contributed by atoms with Gasteiger partial charge >= 0.3 is 0 Å². The van der Waals surface area contributed by atoms with Gasteiger partial charge in [0.1, 0.15) is 17.7 Å². The fraction of sp³-hybridized carbons (Fsp3) is 0.0833. The Kier molecular flexibility index (Phi) is 2.47. The molecule has 4 nitrogen and oxygen atoms in total. The lowest BCUT2D eigenvalue weighted by atomic mass is 10.1. The van der Waals surface area contributed by atoms with Gasteiger partial charge in [-0.2, -0.15) is 0 Å². The van der Waals surface area contributed by atoms with Crippen LogP contribution in [0.2, 0.25) is 0 Å². The molecule has 0 radical (unpaired) electrons. The van der Waals surface area contributed by atoms with Crippen LogP contribution in [0.4, 0.5) is 8.78 Å². The maximum Gasteiger partial charge on any atom is 0.180 e. The van der Waals surface area contributed by atoms with E-state index in [2.05, 4.69) is 19.9 Å². The number of imidazole rings is 1. The fourth-order valence-corrected chi connectivity index (χ4v) is 1.76. The number of rotatable bonds is 2. The molecule has 0 amide bonds. The molecule has 0 fully saturated rings. The summed E-state index contributed by atoms with van der Waals surface area (Å²) >= 11 is 0. The molecule has 0 spiro atoms. The van der Waals surface area contributed by atoms with Gasteiger partial charge in [0, 0.05) is 6.42 Å². The van der Waals surface area contributed by atoms with E-state index in [0.29, 0.717) is 17.0 Å². The van der Waals surface area contributed by atoms with Crippen molar-refractivity contribution in [3.05, 3.63) is 53.7 Å². The summed E-state index contributed by atoms with van der Waals surface area (Å²) in [6.45, 7) is 0. The highest BCUT2D eigenvalue weighted by Gasteiger charge is 2.10. The lowest BCUT2D eigenvalue weighted by Crippen LogP contribution is -1.97. The second kappa shape index (κ2) is 4.14. The Morgan fingerprint density at radius 3 is 2.94 bits per heavy atom. The fourth-order valence-electron chi connectivity index (χ4n) is 1.76. The van der Waals surface area contributed by atoms with E-state index < -0.39 is 11.6 Å². The molecular formula is C12H8F2N4. The molecule has 3 rings (SSSR count). The lowest BCUT2D eigenvalue weighted by Gasteiger charge is -2.00. The van der Waals surface area contributed by atoms with Crippen LogP contribution in [-0.4, -0.2) is 19.9 Å². The number of halogens is 2. The number of hydrogen-bond acceptors (Lipinski definition) is 3. The van der Waals surface area contributed by atoms with Crippen LogP contribution in [0.15, 0.2) is 30.7 Å². The van der Waals surface area contributed by atoms with Gasteiger partial charge in [0.05, 0.1) is 6.20 Å². The highest BCUT2D eigenvalue weighted by Crippen LogP contribution is 2.15. The third-order valence-electron chi connectivity index (χ3n) is 2.60. The smallest absolute Gasteiger partial charge is 0.180 e. The van der Waals surface area contributed by atoms with E-state index in [4.69, 9.17) is 0 Å². The summed E-state index contributed by atoms with van der Waals surface area (Å²) < 4.78 is 26.6. The van der Waals surface area contributed by atoms with E-state index in [1.54, 1.807) is 6.20 Å². The number of nitrogens with zero attached hydrogens (tertiary/aromatic N) is 3. The number of H-pyrrole nitrogens is 1. The zero-order valence-corrected chi connectivity index (χ0v) is 9.19. The van der Waals surface area contributed by atoms with Crippen LogP contribution in [0.5, 0.6) is 0 Å². The summed E-state index contributed by atoms with van der Waals surface area (Å²) in [7, 11) is 0. The Morgan fingerprint density at radius 1 is 1.22 bits per heavy atom.